The molecule has 0 bridgehead atoms. The number of amides is 2. The molecule has 3 N–H and O–H groups in total. The Hall–Kier alpha value is -2.69. The maximum absolute atomic E-state index is 13.1. The fraction of sp³-hybridized carbons (Fsp3) is 0.467. The van der Waals surface area contributed by atoms with Crippen LogP contribution >= 0.6 is 0 Å². The van der Waals surface area contributed by atoms with Gasteiger partial charge >= 0.3 is 6.18 Å². The second-order valence-corrected chi connectivity index (χ2v) is 5.67. The molecule has 11 heteroatoms. The van der Waals surface area contributed by atoms with Crippen molar-refractivity contribution in [2.45, 2.75) is 20.0 Å². The summed E-state index contributed by atoms with van der Waals surface area (Å²) in [7, 11) is 0. The zero-order chi connectivity index (χ0) is 20.1. The van der Waals surface area contributed by atoms with Gasteiger partial charge in [-0.25, -0.2) is 0 Å². The lowest BCUT2D eigenvalue weighted by atomic mass is 10.1. The Bertz CT molecular complexity index is 692. The van der Waals surface area contributed by atoms with Gasteiger partial charge in [-0.2, -0.15) is 13.2 Å². The molecule has 1 aromatic carbocycles. The molecule has 0 radical (unpaired) electrons. The lowest BCUT2D eigenvalue weighted by molar-refractivity contribution is -0.388. The molecule has 8 nitrogen and oxygen atoms in total. The number of hydrogen-bond acceptors (Lipinski definition) is 5. The van der Waals surface area contributed by atoms with Gasteiger partial charge in [0.2, 0.25) is 11.8 Å². The van der Waals surface area contributed by atoms with Crippen molar-refractivity contribution in [2.75, 3.05) is 24.5 Å². The lowest BCUT2D eigenvalue weighted by Crippen LogP contribution is -2.43. The van der Waals surface area contributed by atoms with Crippen LogP contribution < -0.4 is 16.0 Å². The van der Waals surface area contributed by atoms with E-state index in [4.69, 9.17) is 5.73 Å². The fourth-order valence-electron chi connectivity index (χ4n) is 2.10. The molecule has 1 rings (SSSR count). The van der Waals surface area contributed by atoms with E-state index in [2.05, 4.69) is 5.32 Å². The van der Waals surface area contributed by atoms with Crippen LogP contribution in [0.3, 0.4) is 0 Å². The molecule has 0 aliphatic heterocycles. The van der Waals surface area contributed by atoms with Gasteiger partial charge in [0.05, 0.1) is 4.92 Å². The van der Waals surface area contributed by atoms with Gasteiger partial charge in [-0.15, -0.1) is 0 Å². The molecule has 1 aromatic rings. The first-order chi connectivity index (χ1) is 12.0. The molecule has 0 spiro atoms. The Kier molecular flexibility index (Phi) is 7.07. The number of alkyl halides is 3. The molecule has 0 atom stereocenters. The maximum Gasteiger partial charge on any atom is 0.423 e. The van der Waals surface area contributed by atoms with Crippen LogP contribution in [-0.2, 0) is 15.8 Å². The van der Waals surface area contributed by atoms with Crippen molar-refractivity contribution in [3.63, 3.8) is 0 Å². The summed E-state index contributed by atoms with van der Waals surface area (Å²) in [4.78, 5) is 34.8. The van der Waals surface area contributed by atoms with Gasteiger partial charge in [-0.3, -0.25) is 19.7 Å². The summed E-state index contributed by atoms with van der Waals surface area (Å²) >= 11 is 0. The van der Waals surface area contributed by atoms with Crippen molar-refractivity contribution < 1.29 is 27.7 Å². The van der Waals surface area contributed by atoms with Crippen LogP contribution in [0.2, 0.25) is 0 Å². The Morgan fingerprint density at radius 2 is 1.96 bits per heavy atom. The average Bonchev–Trinajstić information content (AvgIpc) is 2.55. The minimum atomic E-state index is -4.99. The van der Waals surface area contributed by atoms with Crippen molar-refractivity contribution in [3.05, 3.63) is 33.9 Å². The highest BCUT2D eigenvalue weighted by Crippen LogP contribution is 2.38. The molecule has 0 aromatic heterocycles. The van der Waals surface area contributed by atoms with E-state index in [9.17, 15) is 32.9 Å². The molecule has 0 heterocycles. The lowest BCUT2D eigenvalue weighted by Gasteiger charge is -2.25. The minimum absolute atomic E-state index is 0.136. The third kappa shape index (κ3) is 5.41. The van der Waals surface area contributed by atoms with Gasteiger partial charge in [0, 0.05) is 30.8 Å². The SMILES string of the molecule is CC(C)C(=O)N(CC(=O)NCCN)c1ccc([N+](=O)[O-])c(C(F)(F)F)c1. The number of hydrogen-bond donors (Lipinski definition) is 2. The smallest absolute Gasteiger partial charge is 0.353 e. The van der Waals surface area contributed by atoms with Crippen LogP contribution in [-0.4, -0.2) is 36.4 Å². The second-order valence-electron chi connectivity index (χ2n) is 5.67. The number of anilines is 1. The van der Waals surface area contributed by atoms with Crippen molar-refractivity contribution >= 4 is 23.2 Å². The number of carbonyl (C=O) groups excluding carboxylic acids is 2. The third-order valence-electron chi connectivity index (χ3n) is 3.32. The van der Waals surface area contributed by atoms with E-state index in [1.54, 1.807) is 0 Å². The van der Waals surface area contributed by atoms with Gasteiger partial charge in [0.25, 0.3) is 5.69 Å². The van der Waals surface area contributed by atoms with E-state index >= 15 is 0 Å². The number of carbonyl (C=O) groups is 2. The third-order valence-corrected chi connectivity index (χ3v) is 3.32. The van der Waals surface area contributed by atoms with E-state index < -0.39 is 46.6 Å². The van der Waals surface area contributed by atoms with Crippen LogP contribution in [0.1, 0.15) is 19.4 Å². The number of nitro benzene ring substituents is 1. The van der Waals surface area contributed by atoms with Crippen LogP contribution in [0.5, 0.6) is 0 Å². The van der Waals surface area contributed by atoms with Gasteiger partial charge in [0.15, 0.2) is 0 Å². The molecule has 0 unspecified atom stereocenters. The number of nitrogens with zero attached hydrogens (tertiary/aromatic N) is 2. The van der Waals surface area contributed by atoms with E-state index in [1.165, 1.54) is 13.8 Å². The van der Waals surface area contributed by atoms with Crippen molar-refractivity contribution in [2.24, 2.45) is 11.7 Å². The first-order valence-electron chi connectivity index (χ1n) is 7.62. The summed E-state index contributed by atoms with van der Waals surface area (Å²) in [6.45, 7) is 2.79. The Labute approximate surface area is 147 Å². The Morgan fingerprint density at radius 1 is 1.35 bits per heavy atom. The molecule has 144 valence electrons. The molecule has 0 fully saturated rings. The van der Waals surface area contributed by atoms with Gasteiger partial charge in [-0.1, -0.05) is 13.8 Å². The molecular formula is C15H19F3N4O4. The summed E-state index contributed by atoms with van der Waals surface area (Å²) in [5.74, 6) is -1.83. The number of rotatable bonds is 7. The zero-order valence-corrected chi connectivity index (χ0v) is 14.2. The van der Waals surface area contributed by atoms with Crippen molar-refractivity contribution in [1.29, 1.82) is 0 Å². The second kappa shape index (κ2) is 8.61. The molecule has 0 aliphatic carbocycles. The summed E-state index contributed by atoms with van der Waals surface area (Å²) in [6.07, 6.45) is -4.99. The minimum Gasteiger partial charge on any atom is -0.353 e. The van der Waals surface area contributed by atoms with E-state index in [1.807, 2.05) is 0 Å². The highest BCUT2D eigenvalue weighted by atomic mass is 19.4. The fourth-order valence-corrected chi connectivity index (χ4v) is 2.10. The topological polar surface area (TPSA) is 119 Å². The molecule has 0 aliphatic rings. The highest BCUT2D eigenvalue weighted by molar-refractivity contribution is 5.99. The predicted octanol–water partition coefficient (Wildman–Crippen LogP) is 1.68. The Balaban J connectivity index is 3.35. The number of nitrogens with one attached hydrogen (secondary N) is 1. The number of benzene rings is 1. The first-order valence-corrected chi connectivity index (χ1v) is 7.62. The van der Waals surface area contributed by atoms with Crippen molar-refractivity contribution in [3.8, 4) is 0 Å². The normalized spacial score (nSPS) is 11.3. The molecule has 0 saturated carbocycles. The molecule has 0 saturated heterocycles. The average molecular weight is 376 g/mol. The molecule has 2 amide bonds. The summed E-state index contributed by atoms with van der Waals surface area (Å²) in [6, 6.07) is 2.16. The predicted molar refractivity (Wildman–Crippen MR) is 87.4 cm³/mol. The van der Waals surface area contributed by atoms with Crippen LogP contribution in [0.4, 0.5) is 24.5 Å². The quantitative estimate of drug-likeness (QED) is 0.554. The highest BCUT2D eigenvalue weighted by Gasteiger charge is 2.39. The van der Waals surface area contributed by atoms with Crippen LogP contribution in [0.15, 0.2) is 18.2 Å². The zero-order valence-electron chi connectivity index (χ0n) is 14.2. The maximum atomic E-state index is 13.1. The van der Waals surface area contributed by atoms with Crippen LogP contribution in [0.25, 0.3) is 0 Å². The van der Waals surface area contributed by atoms with Crippen LogP contribution in [0, 0.1) is 16.0 Å². The van der Waals surface area contributed by atoms with E-state index in [0.717, 1.165) is 11.0 Å². The first kappa shape index (κ1) is 21.4. The summed E-state index contributed by atoms with van der Waals surface area (Å²) in [5, 5.41) is 13.2. The van der Waals surface area contributed by atoms with Gasteiger partial charge < -0.3 is 16.0 Å². The van der Waals surface area contributed by atoms with E-state index in [-0.39, 0.29) is 18.8 Å². The summed E-state index contributed by atoms with van der Waals surface area (Å²) < 4.78 is 39.4. The largest absolute Gasteiger partial charge is 0.423 e. The number of nitro groups is 1. The summed E-state index contributed by atoms with van der Waals surface area (Å²) in [5.41, 5.74) is 2.37. The van der Waals surface area contributed by atoms with Gasteiger partial charge in [0.1, 0.15) is 12.1 Å². The standard InChI is InChI=1S/C15H19F3N4O4/c1-9(2)14(24)21(8-13(23)20-6-5-19)10-3-4-12(22(25)26)11(7-10)15(16,17)18/h3-4,7,9H,5-6,8,19H2,1-2H3,(H,20,23). The van der Waals surface area contributed by atoms with E-state index in [0.29, 0.717) is 12.1 Å². The molecular weight excluding hydrogens is 357 g/mol. The number of nitrogens with two attached hydrogens (primary N) is 1. The molecule has 26 heavy (non-hydrogen) atoms. The van der Waals surface area contributed by atoms with Crippen molar-refractivity contribution in [1.82, 2.24) is 5.32 Å². The Morgan fingerprint density at radius 3 is 2.42 bits per heavy atom. The van der Waals surface area contributed by atoms with Gasteiger partial charge in [-0.05, 0) is 12.1 Å². The monoisotopic (exact) mass is 376 g/mol. The number of halogens is 3.